The third-order valence-corrected chi connectivity index (χ3v) is 10.1. The van der Waals surface area contributed by atoms with Gasteiger partial charge in [0.15, 0.2) is 0 Å². The van der Waals surface area contributed by atoms with Crippen LogP contribution in [-0.4, -0.2) is 41.0 Å². The minimum Gasteiger partial charge on any atom is -0.457 e. The fourth-order valence-electron chi connectivity index (χ4n) is 5.43. The summed E-state index contributed by atoms with van der Waals surface area (Å²) < 4.78 is 28.1. The highest BCUT2D eigenvalue weighted by Gasteiger charge is 2.21. The van der Waals surface area contributed by atoms with E-state index < -0.39 is 0 Å². The van der Waals surface area contributed by atoms with Gasteiger partial charge in [-0.15, -0.1) is 10.2 Å². The van der Waals surface area contributed by atoms with Crippen LogP contribution in [0.5, 0.6) is 23.0 Å². The number of hydrogen-bond donors (Lipinski definition) is 2. The number of carbonyl (C=O) groups is 2. The lowest BCUT2D eigenvalue weighted by atomic mass is 10.2. The molecule has 15 heteroatoms. The van der Waals surface area contributed by atoms with E-state index in [0.717, 1.165) is 21.7 Å². The molecule has 4 aromatic heterocycles. The summed E-state index contributed by atoms with van der Waals surface area (Å²) in [5.41, 5.74) is 2.49. The number of halogens is 1. The van der Waals surface area contributed by atoms with Gasteiger partial charge in [-0.1, -0.05) is 65.1 Å². The summed E-state index contributed by atoms with van der Waals surface area (Å²) in [7, 11) is 0. The van der Waals surface area contributed by atoms with E-state index in [4.69, 9.17) is 9.47 Å². The van der Waals surface area contributed by atoms with Gasteiger partial charge in [0, 0.05) is 13.1 Å². The van der Waals surface area contributed by atoms with Crippen molar-refractivity contribution in [1.82, 2.24) is 39.8 Å². The number of hydrogen-bond acceptors (Lipinski definition) is 10. The number of imidazole rings is 2. The highest BCUT2D eigenvalue weighted by atomic mass is 32.1. The summed E-state index contributed by atoms with van der Waals surface area (Å²) in [4.78, 5) is 36.8. The predicted octanol–water partition coefficient (Wildman–Crippen LogP) is 7.38. The molecule has 0 radical (unpaired) electrons. The Labute approximate surface area is 309 Å². The molecule has 4 aromatic carbocycles. The zero-order valence-electron chi connectivity index (χ0n) is 28.0. The third-order valence-electron chi connectivity index (χ3n) is 8.09. The number of nitrogens with one attached hydrogen (secondary N) is 2. The normalized spacial score (nSPS) is 11.2. The lowest BCUT2D eigenvalue weighted by Crippen LogP contribution is -2.22. The highest BCUT2D eigenvalue weighted by molar-refractivity contribution is 7.19. The Balaban J connectivity index is 0.882. The molecular formula is C38H29FN8O4S2. The molecule has 8 rings (SSSR count). The molecule has 0 aliphatic heterocycles. The molecule has 0 saturated carbocycles. The number of ether oxygens (including phenoxy) is 2. The number of fused-ring (bicyclic) bond motifs is 2. The molecule has 0 atom stereocenters. The van der Waals surface area contributed by atoms with Gasteiger partial charge in [-0.2, -0.15) is 0 Å². The monoisotopic (exact) mass is 744 g/mol. The van der Waals surface area contributed by atoms with Crippen LogP contribution >= 0.6 is 22.7 Å². The van der Waals surface area contributed by atoms with E-state index in [1.165, 1.54) is 34.8 Å². The van der Waals surface area contributed by atoms with Crippen molar-refractivity contribution in [3.8, 4) is 23.0 Å². The van der Waals surface area contributed by atoms with Crippen molar-refractivity contribution in [2.75, 3.05) is 0 Å². The van der Waals surface area contributed by atoms with Crippen LogP contribution in [-0.2, 0) is 19.5 Å². The van der Waals surface area contributed by atoms with Gasteiger partial charge in [-0.3, -0.25) is 9.59 Å². The first kappa shape index (κ1) is 33.7. The van der Waals surface area contributed by atoms with Crippen molar-refractivity contribution in [3.63, 3.8) is 0 Å². The second-order valence-corrected chi connectivity index (χ2v) is 13.8. The molecule has 0 bridgehead atoms. The second-order valence-electron chi connectivity index (χ2n) is 11.9. The molecule has 8 aromatic rings. The molecule has 0 unspecified atom stereocenters. The van der Waals surface area contributed by atoms with Gasteiger partial charge in [0.25, 0.3) is 11.8 Å². The second kappa shape index (κ2) is 14.7. The van der Waals surface area contributed by atoms with Crippen LogP contribution in [0.1, 0.15) is 48.1 Å². The van der Waals surface area contributed by atoms with Crippen molar-refractivity contribution >= 4 is 44.1 Å². The molecule has 264 valence electrons. The summed E-state index contributed by atoms with van der Waals surface area (Å²) in [6.07, 6.45) is 2.00. The summed E-state index contributed by atoms with van der Waals surface area (Å²) in [6.45, 7) is 2.45. The fourth-order valence-corrected chi connectivity index (χ4v) is 7.22. The zero-order valence-corrected chi connectivity index (χ0v) is 29.7. The minimum atomic E-state index is -0.332. The SMILES string of the molecule is Cc1nc(Cc2ncc3sc(C(=O)NCc4ccc(Oc5ccc(F)cc5)cc4)nn23)c2sc(C(=O)NCc3ccc(Oc4ccccc4)cc3)nn12. The molecule has 53 heavy (non-hydrogen) atoms. The molecular weight excluding hydrogens is 716 g/mol. The number of carbonyl (C=O) groups excluding carboxylic acids is 2. The molecule has 0 spiro atoms. The highest BCUT2D eigenvalue weighted by Crippen LogP contribution is 2.26. The van der Waals surface area contributed by atoms with Crippen molar-refractivity contribution in [2.24, 2.45) is 0 Å². The molecule has 2 amide bonds. The van der Waals surface area contributed by atoms with E-state index >= 15 is 0 Å². The fraction of sp³-hybridized carbons (Fsp3) is 0.105. The first-order valence-corrected chi connectivity index (χ1v) is 18.1. The number of benzene rings is 4. The Kier molecular flexibility index (Phi) is 9.31. The Bertz CT molecular complexity index is 2550. The third kappa shape index (κ3) is 7.61. The van der Waals surface area contributed by atoms with Gasteiger partial charge in [0.1, 0.15) is 50.1 Å². The molecule has 0 aliphatic carbocycles. The van der Waals surface area contributed by atoms with Crippen molar-refractivity contribution < 1.29 is 23.5 Å². The number of aromatic nitrogens is 6. The number of aryl methyl sites for hydroxylation is 1. The van der Waals surface area contributed by atoms with Crippen molar-refractivity contribution in [1.29, 1.82) is 0 Å². The van der Waals surface area contributed by atoms with E-state index in [1.807, 2.05) is 73.7 Å². The Morgan fingerprint density at radius 2 is 1.23 bits per heavy atom. The van der Waals surface area contributed by atoms with E-state index in [0.29, 0.717) is 68.9 Å². The maximum atomic E-state index is 13.2. The van der Waals surface area contributed by atoms with Crippen molar-refractivity contribution in [2.45, 2.75) is 26.4 Å². The molecule has 2 N–H and O–H groups in total. The van der Waals surface area contributed by atoms with Crippen LogP contribution in [0, 0.1) is 12.7 Å². The number of rotatable bonds is 12. The number of nitrogens with zero attached hydrogens (tertiary/aromatic N) is 6. The van der Waals surface area contributed by atoms with Crippen LogP contribution in [0.4, 0.5) is 4.39 Å². The Morgan fingerprint density at radius 1 is 0.698 bits per heavy atom. The average Bonchev–Trinajstić information content (AvgIpc) is 3.96. The number of amides is 2. The van der Waals surface area contributed by atoms with Gasteiger partial charge < -0.3 is 20.1 Å². The summed E-state index contributed by atoms with van der Waals surface area (Å²) in [5.74, 6) is 2.89. The molecule has 0 aliphatic rings. The molecule has 0 fully saturated rings. The first-order chi connectivity index (χ1) is 25.8. The maximum absolute atomic E-state index is 13.2. The van der Waals surface area contributed by atoms with E-state index in [-0.39, 0.29) is 17.6 Å². The zero-order chi connectivity index (χ0) is 36.3. The van der Waals surface area contributed by atoms with Crippen molar-refractivity contribution in [3.05, 3.63) is 154 Å². The topological polar surface area (TPSA) is 137 Å². The Morgan fingerprint density at radius 3 is 1.83 bits per heavy atom. The van der Waals surface area contributed by atoms with E-state index in [2.05, 4.69) is 30.8 Å². The quantitative estimate of drug-likeness (QED) is 0.132. The van der Waals surface area contributed by atoms with Crippen LogP contribution in [0.2, 0.25) is 0 Å². The largest absolute Gasteiger partial charge is 0.457 e. The lowest BCUT2D eigenvalue weighted by molar-refractivity contribution is 0.0941. The van der Waals surface area contributed by atoms with Gasteiger partial charge in [0.2, 0.25) is 10.0 Å². The van der Waals surface area contributed by atoms with Crippen LogP contribution in [0.25, 0.3) is 9.66 Å². The van der Waals surface area contributed by atoms with Crippen LogP contribution in [0.15, 0.2) is 109 Å². The van der Waals surface area contributed by atoms with Gasteiger partial charge in [-0.05, 0) is 78.7 Å². The summed E-state index contributed by atoms with van der Waals surface area (Å²) in [5, 5.41) is 15.5. The lowest BCUT2D eigenvalue weighted by Gasteiger charge is -2.07. The maximum Gasteiger partial charge on any atom is 0.282 e. The van der Waals surface area contributed by atoms with Crippen LogP contribution < -0.4 is 20.1 Å². The average molecular weight is 745 g/mol. The van der Waals surface area contributed by atoms with Gasteiger partial charge in [-0.25, -0.2) is 23.4 Å². The van der Waals surface area contributed by atoms with Gasteiger partial charge in [0.05, 0.1) is 18.3 Å². The smallest absolute Gasteiger partial charge is 0.282 e. The molecule has 0 saturated heterocycles. The predicted molar refractivity (Wildman–Crippen MR) is 197 cm³/mol. The van der Waals surface area contributed by atoms with E-state index in [1.54, 1.807) is 39.5 Å². The molecule has 4 heterocycles. The molecule has 12 nitrogen and oxygen atoms in total. The van der Waals surface area contributed by atoms with Gasteiger partial charge >= 0.3 is 0 Å². The van der Waals surface area contributed by atoms with E-state index in [9.17, 15) is 14.0 Å². The standard InChI is InChI=1S/C38H29FN8O4S2/c1-23-43-31(38-46(23)44-37(53-38)35(49)42-21-25-7-13-28(14-8-25)50-27-5-3-2-4-6-27)19-32-40-22-33-47(32)45-36(52-33)34(48)41-20-24-9-15-29(16-10-24)51-30-17-11-26(39)12-18-30/h2-18,22H,19-21H2,1H3,(H,41,48)(H,42,49). The Hall–Kier alpha value is -6.45. The van der Waals surface area contributed by atoms with Crippen LogP contribution in [0.3, 0.4) is 0 Å². The summed E-state index contributed by atoms with van der Waals surface area (Å²) >= 11 is 2.49. The number of para-hydroxylation sites is 1. The first-order valence-electron chi connectivity index (χ1n) is 16.4. The summed E-state index contributed by atoms with van der Waals surface area (Å²) in [6, 6.07) is 30.1. The minimum absolute atomic E-state index is 0.290.